The van der Waals surface area contributed by atoms with E-state index in [0.29, 0.717) is 5.92 Å². The van der Waals surface area contributed by atoms with Crippen LogP contribution in [0.25, 0.3) is 12.2 Å². The molecule has 0 aliphatic heterocycles. The van der Waals surface area contributed by atoms with E-state index >= 15 is 0 Å². The van der Waals surface area contributed by atoms with Crippen LogP contribution in [0.4, 0.5) is 5.69 Å². The Morgan fingerprint density at radius 1 is 1.11 bits per heavy atom. The molecule has 0 amide bonds. The van der Waals surface area contributed by atoms with E-state index in [-0.39, 0.29) is 11.6 Å². The van der Waals surface area contributed by atoms with E-state index in [2.05, 4.69) is 94.4 Å². The Labute approximate surface area is 181 Å². The van der Waals surface area contributed by atoms with Crippen molar-refractivity contribution in [3.63, 3.8) is 0 Å². The Bertz CT molecular complexity index is 773. The fourth-order valence-corrected chi connectivity index (χ4v) is 3.68. The summed E-state index contributed by atoms with van der Waals surface area (Å²) in [5.74, 6) is 0.495. The van der Waals surface area contributed by atoms with Gasteiger partial charge in [0.1, 0.15) is 0 Å². The summed E-state index contributed by atoms with van der Waals surface area (Å²) < 4.78 is 0. The van der Waals surface area contributed by atoms with Crippen molar-refractivity contribution in [1.29, 1.82) is 0 Å². The van der Waals surface area contributed by atoms with Crippen LogP contribution in [0.1, 0.15) is 48.4 Å². The molecular weight excluding hydrogens is 411 g/mol. The Morgan fingerprint density at radius 2 is 1.74 bits per heavy atom. The molecule has 0 aromatic heterocycles. The molecule has 0 saturated carbocycles. The number of nitrogens with zero attached hydrogens (tertiary/aromatic N) is 1. The van der Waals surface area contributed by atoms with Gasteiger partial charge in [0.15, 0.2) is 0 Å². The van der Waals surface area contributed by atoms with Crippen LogP contribution in [-0.4, -0.2) is 14.1 Å². The minimum absolute atomic E-state index is 0. The number of anilines is 1. The van der Waals surface area contributed by atoms with Gasteiger partial charge in [-0.2, -0.15) is 12.5 Å². The molecule has 2 aromatic carbocycles. The molecule has 1 aliphatic rings. The van der Waals surface area contributed by atoms with Crippen molar-refractivity contribution >= 4 is 30.4 Å². The number of rotatable bonds is 4. The smallest absolute Gasteiger partial charge is 0.693 e. The van der Waals surface area contributed by atoms with Crippen LogP contribution in [0.2, 0.25) is 0 Å². The summed E-state index contributed by atoms with van der Waals surface area (Å²) in [6.07, 6.45) is 5.71. The van der Waals surface area contributed by atoms with Gasteiger partial charge >= 0.3 is 35.6 Å². The number of nitrogens with two attached hydrogens (primary N) is 1. The van der Waals surface area contributed by atoms with E-state index in [9.17, 15) is 0 Å². The number of fused-ring (bicyclic) bond motifs is 1. The number of halogens is 2. The van der Waals surface area contributed by atoms with Crippen molar-refractivity contribution in [3.05, 3.63) is 83.9 Å². The zero-order chi connectivity index (χ0) is 19.3. The number of hydrogen-bond acceptors (Lipinski definition) is 1. The van der Waals surface area contributed by atoms with Crippen molar-refractivity contribution in [1.82, 2.24) is 0 Å². The predicted molar refractivity (Wildman–Crippen MR) is 118 cm³/mol. The van der Waals surface area contributed by atoms with Gasteiger partial charge in [0.2, 0.25) is 0 Å². The molecule has 1 unspecified atom stereocenters. The Balaban J connectivity index is 0.000000855. The van der Waals surface area contributed by atoms with E-state index in [1.807, 2.05) is 0 Å². The molecule has 0 spiro atoms. The molecule has 2 N–H and O–H groups in total. The first-order chi connectivity index (χ1) is 12.3. The number of allylic oxidation sites excluding steroid dienone is 1. The summed E-state index contributed by atoms with van der Waals surface area (Å²) in [6.45, 7) is 8.97. The maximum absolute atomic E-state index is 4.89. The normalized spacial score (nSPS) is 14.5. The monoisotopic (exact) mass is 438 g/mol. The Hall–Kier alpha value is -0.896. The molecule has 0 heterocycles. The van der Waals surface area contributed by atoms with Gasteiger partial charge in [-0.1, -0.05) is 61.7 Å². The summed E-state index contributed by atoms with van der Waals surface area (Å²) in [6, 6.07) is 15.4. The molecule has 0 radical (unpaired) electrons. The van der Waals surface area contributed by atoms with E-state index in [4.69, 9.17) is 18.6 Å². The summed E-state index contributed by atoms with van der Waals surface area (Å²) in [7, 11) is 13.9. The average Bonchev–Trinajstić information content (AvgIpc) is 2.98. The minimum atomic E-state index is -0.556. The van der Waals surface area contributed by atoms with Gasteiger partial charge in [-0.05, 0) is 23.2 Å². The Morgan fingerprint density at radius 3 is 2.33 bits per heavy atom. The molecule has 0 saturated heterocycles. The average molecular weight is 439 g/mol. The van der Waals surface area contributed by atoms with Gasteiger partial charge in [-0.25, -0.2) is 0 Å². The van der Waals surface area contributed by atoms with Gasteiger partial charge in [0.25, 0.3) is 0 Å². The molecule has 3 rings (SSSR count). The first-order valence-corrected chi connectivity index (χ1v) is 13.0. The van der Waals surface area contributed by atoms with E-state index in [1.165, 1.54) is 22.4 Å². The van der Waals surface area contributed by atoms with Gasteiger partial charge < -0.3 is 11.1 Å². The molecule has 1 atom stereocenters. The molecule has 5 heteroatoms. The number of hydrogen-bond donors (Lipinski definition) is 0. The van der Waals surface area contributed by atoms with Crippen LogP contribution < -0.4 is 4.90 Å². The third-order valence-electron chi connectivity index (χ3n) is 4.97. The SMILES string of the molecule is [CH2-]c1cc(N(C)C)ccc1C(C)(C)CC1C=Cc2ccccc21.[Cl][Ti][Cl].[NH2-]. The van der Waals surface area contributed by atoms with E-state index < -0.39 is 17.0 Å². The second-order valence-corrected chi connectivity index (χ2v) is 10.1. The van der Waals surface area contributed by atoms with Gasteiger partial charge in [0.05, 0.1) is 0 Å². The molecule has 146 valence electrons. The van der Waals surface area contributed by atoms with Crippen LogP contribution in [0, 0.1) is 6.92 Å². The zero-order valence-corrected chi connectivity index (χ0v) is 19.5. The minimum Gasteiger partial charge on any atom is -0.693 e. The second-order valence-electron chi connectivity index (χ2n) is 7.49. The van der Waals surface area contributed by atoms with E-state index in [0.717, 1.165) is 12.0 Å². The van der Waals surface area contributed by atoms with Crippen molar-refractivity contribution in [2.75, 3.05) is 19.0 Å². The van der Waals surface area contributed by atoms with Crippen molar-refractivity contribution < 1.29 is 17.0 Å². The Kier molecular flexibility index (Phi) is 9.47. The molecule has 2 aromatic rings. The quantitative estimate of drug-likeness (QED) is 0.359. The standard InChI is InChI=1S/C22H26N.2ClH.H2N.Ti/c1-16-14-19(23(4)5)12-13-21(16)22(2,3)15-18-11-10-17-8-6-7-9-20(17)18;;;;/h6-14,18H,1,15H2,2-5H3;2*1H;1H2;/q-1;;;-1;+2/p-2. The molecular formula is C22H28Cl2N2Ti-2. The van der Waals surface area contributed by atoms with E-state index in [1.54, 1.807) is 0 Å². The van der Waals surface area contributed by atoms with Gasteiger partial charge in [0, 0.05) is 20.0 Å². The third kappa shape index (κ3) is 6.04. The summed E-state index contributed by atoms with van der Waals surface area (Å²) >= 11 is -0.556. The van der Waals surface area contributed by atoms with Crippen LogP contribution in [0.15, 0.2) is 48.5 Å². The summed E-state index contributed by atoms with van der Waals surface area (Å²) in [4.78, 5) is 2.13. The van der Waals surface area contributed by atoms with Gasteiger partial charge in [-0.3, -0.25) is 0 Å². The summed E-state index contributed by atoms with van der Waals surface area (Å²) in [5, 5.41) is 0. The second kappa shape index (κ2) is 10.6. The first kappa shape index (κ1) is 24.1. The predicted octanol–water partition coefficient (Wildman–Crippen LogP) is 7.51. The van der Waals surface area contributed by atoms with Crippen LogP contribution in [-0.2, 0) is 22.4 Å². The molecule has 2 nitrogen and oxygen atoms in total. The van der Waals surface area contributed by atoms with Crippen LogP contribution in [0.5, 0.6) is 0 Å². The van der Waals surface area contributed by atoms with Gasteiger partial charge in [-0.15, -0.1) is 17.7 Å². The number of benzene rings is 2. The van der Waals surface area contributed by atoms with Crippen LogP contribution in [0.3, 0.4) is 0 Å². The largest absolute Gasteiger partial charge is 0.693 e. The molecule has 0 fully saturated rings. The van der Waals surface area contributed by atoms with Crippen molar-refractivity contribution in [3.8, 4) is 0 Å². The molecule has 27 heavy (non-hydrogen) atoms. The fraction of sp³-hybridized carbons (Fsp3) is 0.318. The summed E-state index contributed by atoms with van der Waals surface area (Å²) in [5.41, 5.74) is 6.61. The van der Waals surface area contributed by atoms with Crippen LogP contribution >= 0.6 is 18.6 Å². The topological polar surface area (TPSA) is 36.7 Å². The van der Waals surface area contributed by atoms with Crippen molar-refractivity contribution in [2.24, 2.45) is 0 Å². The fourth-order valence-electron chi connectivity index (χ4n) is 3.68. The van der Waals surface area contributed by atoms with Crippen molar-refractivity contribution in [2.45, 2.75) is 31.6 Å². The maximum atomic E-state index is 4.89. The first-order valence-electron chi connectivity index (χ1n) is 8.67. The third-order valence-corrected chi connectivity index (χ3v) is 4.97. The molecule has 1 aliphatic carbocycles. The maximum Gasteiger partial charge on any atom is -0.693 e. The molecule has 0 bridgehead atoms. The zero-order valence-electron chi connectivity index (χ0n) is 16.5.